The molecule has 21 heavy (non-hydrogen) atoms. The predicted molar refractivity (Wildman–Crippen MR) is 87.4 cm³/mol. The maximum Gasteiger partial charge on any atom is 0.161 e. The summed E-state index contributed by atoms with van der Waals surface area (Å²) in [6, 6.07) is 5.85. The smallest absolute Gasteiger partial charge is 0.161 e. The molecular weight excluding hydrogens is 284 g/mol. The number of nitrogens with one attached hydrogen (secondary N) is 1. The van der Waals surface area contributed by atoms with Crippen LogP contribution in [0.3, 0.4) is 0 Å². The molecule has 4 nitrogen and oxygen atoms in total. The Morgan fingerprint density at radius 3 is 2.81 bits per heavy atom. The molecule has 0 radical (unpaired) electrons. The molecule has 0 saturated carbocycles. The maximum absolute atomic E-state index is 5.33. The van der Waals surface area contributed by atoms with Crippen molar-refractivity contribution in [3.05, 3.63) is 41.2 Å². The molecule has 1 aromatic heterocycles. The second-order valence-corrected chi connectivity index (χ2v) is 5.38. The van der Waals surface area contributed by atoms with Gasteiger partial charge in [-0.2, -0.15) is 0 Å². The average Bonchev–Trinajstić information content (AvgIpc) is 2.99. The highest BCUT2D eigenvalue weighted by atomic mass is 32.1. The summed E-state index contributed by atoms with van der Waals surface area (Å²) < 4.78 is 10.6. The molecule has 0 saturated heterocycles. The molecule has 0 aliphatic heterocycles. The lowest BCUT2D eigenvalue weighted by Crippen LogP contribution is -2.16. The molecular formula is C16H20N2O2S. The van der Waals surface area contributed by atoms with E-state index in [1.807, 2.05) is 24.3 Å². The Hall–Kier alpha value is -1.85. The number of nitrogens with zero attached hydrogens (tertiary/aromatic N) is 1. The van der Waals surface area contributed by atoms with Crippen LogP contribution in [-0.4, -0.2) is 32.3 Å². The Labute approximate surface area is 129 Å². The SMILES string of the molecule is C=CCNCCc1nc(-c2ccc(OC)c(OC)c2)cs1. The van der Waals surface area contributed by atoms with E-state index in [1.165, 1.54) is 0 Å². The number of thiazole rings is 1. The highest BCUT2D eigenvalue weighted by Gasteiger charge is 2.09. The van der Waals surface area contributed by atoms with Gasteiger partial charge in [-0.25, -0.2) is 4.98 Å². The number of methoxy groups -OCH3 is 2. The molecule has 0 atom stereocenters. The highest BCUT2D eigenvalue weighted by Crippen LogP contribution is 2.32. The third-order valence-corrected chi connectivity index (χ3v) is 3.94. The van der Waals surface area contributed by atoms with E-state index in [-0.39, 0.29) is 0 Å². The molecule has 0 unspecified atom stereocenters. The van der Waals surface area contributed by atoms with Gasteiger partial charge in [0.1, 0.15) is 0 Å². The van der Waals surface area contributed by atoms with E-state index in [9.17, 15) is 0 Å². The van der Waals surface area contributed by atoms with Crippen molar-refractivity contribution in [3.63, 3.8) is 0 Å². The van der Waals surface area contributed by atoms with Gasteiger partial charge in [-0.1, -0.05) is 6.08 Å². The molecule has 0 amide bonds. The van der Waals surface area contributed by atoms with Gasteiger partial charge in [0.05, 0.1) is 24.9 Å². The number of benzene rings is 1. The molecule has 1 aromatic carbocycles. The van der Waals surface area contributed by atoms with Crippen molar-refractivity contribution in [3.8, 4) is 22.8 Å². The Balaban J connectivity index is 2.08. The molecule has 0 spiro atoms. The summed E-state index contributed by atoms with van der Waals surface area (Å²) in [6.07, 6.45) is 2.78. The summed E-state index contributed by atoms with van der Waals surface area (Å²) in [6.45, 7) is 5.42. The van der Waals surface area contributed by atoms with Crippen molar-refractivity contribution in [1.82, 2.24) is 10.3 Å². The fourth-order valence-corrected chi connectivity index (χ4v) is 2.76. The lowest BCUT2D eigenvalue weighted by Gasteiger charge is -2.08. The van der Waals surface area contributed by atoms with Crippen molar-refractivity contribution in [2.24, 2.45) is 0 Å². The van der Waals surface area contributed by atoms with Crippen LogP contribution in [0, 0.1) is 0 Å². The van der Waals surface area contributed by atoms with Gasteiger partial charge in [-0.15, -0.1) is 17.9 Å². The molecule has 1 heterocycles. The number of rotatable bonds is 8. The van der Waals surface area contributed by atoms with Crippen LogP contribution >= 0.6 is 11.3 Å². The van der Waals surface area contributed by atoms with Gasteiger partial charge in [0.25, 0.3) is 0 Å². The van der Waals surface area contributed by atoms with Crippen LogP contribution in [0.5, 0.6) is 11.5 Å². The van der Waals surface area contributed by atoms with Crippen molar-refractivity contribution in [2.75, 3.05) is 27.3 Å². The first-order chi connectivity index (χ1) is 10.3. The topological polar surface area (TPSA) is 43.4 Å². The first kappa shape index (κ1) is 15.5. The first-order valence-corrected chi connectivity index (χ1v) is 7.65. The summed E-state index contributed by atoms with van der Waals surface area (Å²) in [7, 11) is 3.27. The Morgan fingerprint density at radius 1 is 1.29 bits per heavy atom. The summed E-state index contributed by atoms with van der Waals surface area (Å²) >= 11 is 1.68. The van der Waals surface area contributed by atoms with Gasteiger partial charge in [-0.05, 0) is 18.2 Å². The minimum Gasteiger partial charge on any atom is -0.493 e. The van der Waals surface area contributed by atoms with E-state index in [0.29, 0.717) is 0 Å². The number of hydrogen-bond acceptors (Lipinski definition) is 5. The molecule has 0 aliphatic rings. The van der Waals surface area contributed by atoms with E-state index in [0.717, 1.165) is 47.3 Å². The van der Waals surface area contributed by atoms with Crippen LogP contribution in [-0.2, 0) is 6.42 Å². The standard InChI is InChI=1S/C16H20N2O2S/c1-4-8-17-9-7-16-18-13(11-21-16)12-5-6-14(19-2)15(10-12)20-3/h4-6,10-11,17H,1,7-9H2,2-3H3. The van der Waals surface area contributed by atoms with Crippen LogP contribution < -0.4 is 14.8 Å². The number of aromatic nitrogens is 1. The second-order valence-electron chi connectivity index (χ2n) is 4.44. The Bertz CT molecular complexity index is 596. The Morgan fingerprint density at radius 2 is 2.10 bits per heavy atom. The van der Waals surface area contributed by atoms with Gasteiger partial charge in [0.15, 0.2) is 11.5 Å². The summed E-state index contributed by atoms with van der Waals surface area (Å²) in [4.78, 5) is 4.67. The highest BCUT2D eigenvalue weighted by molar-refractivity contribution is 7.09. The molecule has 0 bridgehead atoms. The van der Waals surface area contributed by atoms with Gasteiger partial charge >= 0.3 is 0 Å². The summed E-state index contributed by atoms with van der Waals surface area (Å²) in [5.41, 5.74) is 2.01. The minimum atomic E-state index is 0.720. The van der Waals surface area contributed by atoms with Gasteiger partial charge in [0.2, 0.25) is 0 Å². The fraction of sp³-hybridized carbons (Fsp3) is 0.312. The molecule has 1 N–H and O–H groups in total. The first-order valence-electron chi connectivity index (χ1n) is 6.77. The largest absolute Gasteiger partial charge is 0.493 e. The molecule has 2 aromatic rings. The molecule has 2 rings (SSSR count). The van der Waals surface area contributed by atoms with Crippen LogP contribution in [0.1, 0.15) is 5.01 Å². The number of hydrogen-bond donors (Lipinski definition) is 1. The monoisotopic (exact) mass is 304 g/mol. The van der Waals surface area contributed by atoms with Crippen molar-refractivity contribution in [2.45, 2.75) is 6.42 Å². The zero-order chi connectivity index (χ0) is 15.1. The molecule has 0 fully saturated rings. The van der Waals surface area contributed by atoms with Crippen LogP contribution in [0.15, 0.2) is 36.2 Å². The van der Waals surface area contributed by atoms with E-state index < -0.39 is 0 Å². The third-order valence-electron chi connectivity index (χ3n) is 3.04. The maximum atomic E-state index is 5.33. The molecule has 5 heteroatoms. The normalized spacial score (nSPS) is 10.4. The quantitative estimate of drug-likeness (QED) is 0.601. The second kappa shape index (κ2) is 7.81. The van der Waals surface area contributed by atoms with Gasteiger partial charge in [-0.3, -0.25) is 0 Å². The van der Waals surface area contributed by atoms with E-state index in [4.69, 9.17) is 9.47 Å². The zero-order valence-electron chi connectivity index (χ0n) is 12.4. The van der Waals surface area contributed by atoms with Crippen LogP contribution in [0.25, 0.3) is 11.3 Å². The van der Waals surface area contributed by atoms with Crippen molar-refractivity contribution >= 4 is 11.3 Å². The number of ether oxygens (including phenoxy) is 2. The van der Waals surface area contributed by atoms with E-state index >= 15 is 0 Å². The zero-order valence-corrected chi connectivity index (χ0v) is 13.2. The van der Waals surface area contributed by atoms with Crippen LogP contribution in [0.4, 0.5) is 0 Å². The Kier molecular flexibility index (Phi) is 5.78. The molecule has 112 valence electrons. The van der Waals surface area contributed by atoms with E-state index in [2.05, 4.69) is 22.3 Å². The fourth-order valence-electron chi connectivity index (χ4n) is 1.95. The summed E-state index contributed by atoms with van der Waals surface area (Å²) in [5, 5.41) is 6.47. The summed E-state index contributed by atoms with van der Waals surface area (Å²) in [5.74, 6) is 1.45. The predicted octanol–water partition coefficient (Wildman–Crippen LogP) is 3.15. The van der Waals surface area contributed by atoms with Crippen molar-refractivity contribution < 1.29 is 9.47 Å². The van der Waals surface area contributed by atoms with Gasteiger partial charge < -0.3 is 14.8 Å². The average molecular weight is 304 g/mol. The van der Waals surface area contributed by atoms with Crippen molar-refractivity contribution in [1.29, 1.82) is 0 Å². The van der Waals surface area contributed by atoms with Gasteiger partial charge in [0, 0.05) is 30.5 Å². The van der Waals surface area contributed by atoms with Crippen LogP contribution in [0.2, 0.25) is 0 Å². The lowest BCUT2D eigenvalue weighted by molar-refractivity contribution is 0.355. The third kappa shape index (κ3) is 4.06. The van der Waals surface area contributed by atoms with E-state index in [1.54, 1.807) is 25.6 Å². The lowest BCUT2D eigenvalue weighted by atomic mass is 10.1. The minimum absolute atomic E-state index is 0.720. The molecule has 0 aliphatic carbocycles.